The molecule has 0 aliphatic heterocycles. The van der Waals surface area contributed by atoms with Gasteiger partial charge in [0.15, 0.2) is 0 Å². The highest BCUT2D eigenvalue weighted by Gasteiger charge is 2.13. The summed E-state index contributed by atoms with van der Waals surface area (Å²) in [4.78, 5) is 0. The van der Waals surface area contributed by atoms with Gasteiger partial charge in [-0.3, -0.25) is 0 Å². The number of rotatable bonds is 7. The minimum Gasteiger partial charge on any atom is -0.395 e. The lowest BCUT2D eigenvalue weighted by Gasteiger charge is -2.17. The van der Waals surface area contributed by atoms with E-state index in [1.165, 1.54) is 0 Å². The van der Waals surface area contributed by atoms with Crippen molar-refractivity contribution in [3.8, 4) is 11.3 Å². The maximum absolute atomic E-state index is 9.38. The minimum absolute atomic E-state index is 0.0929. The van der Waals surface area contributed by atoms with Gasteiger partial charge < -0.3 is 10.4 Å². The topological polar surface area (TPSA) is 73.8 Å². The Bertz CT molecular complexity index is 510. The van der Waals surface area contributed by atoms with Crippen LogP contribution in [0.4, 0.5) is 0 Å². The Labute approximate surface area is 119 Å². The van der Waals surface area contributed by atoms with E-state index in [1.54, 1.807) is 0 Å². The summed E-state index contributed by atoms with van der Waals surface area (Å²) in [6.07, 6.45) is 0.940. The van der Waals surface area contributed by atoms with E-state index in [-0.39, 0.29) is 12.6 Å². The van der Waals surface area contributed by atoms with E-state index in [1.807, 2.05) is 30.3 Å². The van der Waals surface area contributed by atoms with Crippen LogP contribution in [0.5, 0.6) is 0 Å². The maximum Gasteiger partial charge on any atom is 0.117 e. The van der Waals surface area contributed by atoms with Gasteiger partial charge in [-0.25, -0.2) is 0 Å². The fourth-order valence-corrected chi connectivity index (χ4v) is 2.24. The molecule has 0 aliphatic carbocycles. The predicted octanol–water partition coefficient (Wildman–Crippen LogP) is 1.97. The van der Waals surface area contributed by atoms with E-state index in [2.05, 4.69) is 34.6 Å². The van der Waals surface area contributed by atoms with Crippen molar-refractivity contribution in [3.63, 3.8) is 0 Å². The van der Waals surface area contributed by atoms with Gasteiger partial charge in [-0.05, 0) is 12.3 Å². The number of benzene rings is 1. The first-order valence-electron chi connectivity index (χ1n) is 7.00. The Morgan fingerprint density at radius 3 is 2.60 bits per heavy atom. The predicted molar refractivity (Wildman–Crippen MR) is 79.0 cm³/mol. The lowest BCUT2D eigenvalue weighted by atomic mass is 10.0. The van der Waals surface area contributed by atoms with Gasteiger partial charge in [0.1, 0.15) is 11.4 Å². The minimum atomic E-state index is 0.0929. The van der Waals surface area contributed by atoms with Crippen LogP contribution in [0.25, 0.3) is 11.3 Å². The van der Waals surface area contributed by atoms with Crippen LogP contribution in [0.15, 0.2) is 30.3 Å². The molecule has 1 aromatic carbocycles. The second-order valence-electron chi connectivity index (χ2n) is 5.37. The highest BCUT2D eigenvalue weighted by molar-refractivity contribution is 5.60. The van der Waals surface area contributed by atoms with Crippen molar-refractivity contribution in [3.05, 3.63) is 36.0 Å². The molecule has 0 radical (unpaired) electrons. The summed E-state index contributed by atoms with van der Waals surface area (Å²) in [7, 11) is 0. The third kappa shape index (κ3) is 3.88. The molecule has 1 aromatic heterocycles. The number of aromatic nitrogens is 3. The van der Waals surface area contributed by atoms with Crippen LogP contribution in [0.2, 0.25) is 0 Å². The number of hydrogen-bond acceptors (Lipinski definition) is 4. The van der Waals surface area contributed by atoms with Gasteiger partial charge in [-0.1, -0.05) is 44.2 Å². The molecule has 0 spiro atoms. The molecule has 5 heteroatoms. The fraction of sp³-hybridized carbons (Fsp3) is 0.467. The average Bonchev–Trinajstić information content (AvgIpc) is 2.92. The molecule has 0 amide bonds. The van der Waals surface area contributed by atoms with Crippen LogP contribution in [0, 0.1) is 5.92 Å². The highest BCUT2D eigenvalue weighted by Crippen LogP contribution is 2.19. The quantitative estimate of drug-likeness (QED) is 0.721. The third-order valence-electron chi connectivity index (χ3n) is 3.20. The first-order chi connectivity index (χ1) is 9.70. The summed E-state index contributed by atoms with van der Waals surface area (Å²) < 4.78 is 0. The number of hydrogen-bond donors (Lipinski definition) is 3. The Morgan fingerprint density at radius 2 is 1.95 bits per heavy atom. The van der Waals surface area contributed by atoms with Crippen molar-refractivity contribution in [2.24, 2.45) is 5.92 Å². The number of H-pyrrole nitrogens is 1. The lowest BCUT2D eigenvalue weighted by molar-refractivity contribution is 0.223. The summed E-state index contributed by atoms with van der Waals surface area (Å²) in [5, 5.41) is 23.8. The molecule has 20 heavy (non-hydrogen) atoms. The first kappa shape index (κ1) is 14.7. The van der Waals surface area contributed by atoms with Crippen molar-refractivity contribution in [1.82, 2.24) is 20.7 Å². The molecule has 2 rings (SSSR count). The van der Waals surface area contributed by atoms with Gasteiger partial charge in [0.25, 0.3) is 0 Å². The monoisotopic (exact) mass is 274 g/mol. The zero-order valence-electron chi connectivity index (χ0n) is 12.0. The summed E-state index contributed by atoms with van der Waals surface area (Å²) in [6.45, 7) is 5.03. The van der Waals surface area contributed by atoms with E-state index in [0.717, 1.165) is 23.4 Å². The molecular formula is C15H22N4O. The first-order valence-corrected chi connectivity index (χ1v) is 7.00. The molecule has 108 valence electrons. The second-order valence-corrected chi connectivity index (χ2v) is 5.37. The molecule has 2 aromatic rings. The number of aliphatic hydroxyl groups excluding tert-OH is 1. The largest absolute Gasteiger partial charge is 0.395 e. The summed E-state index contributed by atoms with van der Waals surface area (Å²) >= 11 is 0. The van der Waals surface area contributed by atoms with Gasteiger partial charge in [0.2, 0.25) is 0 Å². The number of aromatic amines is 1. The zero-order valence-corrected chi connectivity index (χ0v) is 12.0. The molecule has 0 saturated heterocycles. The van der Waals surface area contributed by atoms with Gasteiger partial charge in [0.05, 0.1) is 6.61 Å². The Hall–Kier alpha value is -1.72. The van der Waals surface area contributed by atoms with Crippen molar-refractivity contribution in [2.75, 3.05) is 6.61 Å². The molecule has 3 N–H and O–H groups in total. The SMILES string of the molecule is CC(C)CC(CO)NCc1n[nH]nc1-c1ccccc1. The van der Waals surface area contributed by atoms with Gasteiger partial charge in [-0.15, -0.1) is 0 Å². The van der Waals surface area contributed by atoms with Gasteiger partial charge >= 0.3 is 0 Å². The Balaban J connectivity index is 2.02. The maximum atomic E-state index is 9.38. The third-order valence-corrected chi connectivity index (χ3v) is 3.20. The molecular weight excluding hydrogens is 252 g/mol. The van der Waals surface area contributed by atoms with E-state index >= 15 is 0 Å². The van der Waals surface area contributed by atoms with Crippen molar-refractivity contribution in [1.29, 1.82) is 0 Å². The normalized spacial score (nSPS) is 12.8. The van der Waals surface area contributed by atoms with Crippen LogP contribution < -0.4 is 5.32 Å². The van der Waals surface area contributed by atoms with E-state index < -0.39 is 0 Å². The molecule has 1 heterocycles. The van der Waals surface area contributed by atoms with E-state index in [9.17, 15) is 5.11 Å². The second kappa shape index (κ2) is 7.17. The number of nitrogens with one attached hydrogen (secondary N) is 2. The molecule has 0 saturated carbocycles. The molecule has 0 bridgehead atoms. The van der Waals surface area contributed by atoms with Gasteiger partial charge in [-0.2, -0.15) is 15.4 Å². The molecule has 1 unspecified atom stereocenters. The van der Waals surface area contributed by atoms with Crippen LogP contribution in [0.1, 0.15) is 26.0 Å². The van der Waals surface area contributed by atoms with Crippen molar-refractivity contribution in [2.45, 2.75) is 32.9 Å². The fourth-order valence-electron chi connectivity index (χ4n) is 2.24. The van der Waals surface area contributed by atoms with Crippen molar-refractivity contribution < 1.29 is 5.11 Å². The van der Waals surface area contributed by atoms with E-state index in [4.69, 9.17) is 0 Å². The van der Waals surface area contributed by atoms with Crippen LogP contribution in [-0.4, -0.2) is 33.2 Å². The van der Waals surface area contributed by atoms with Crippen molar-refractivity contribution >= 4 is 0 Å². The van der Waals surface area contributed by atoms with E-state index in [0.29, 0.717) is 12.5 Å². The molecule has 0 fully saturated rings. The zero-order chi connectivity index (χ0) is 14.4. The molecule has 1 atom stereocenters. The molecule has 0 aliphatic rings. The summed E-state index contributed by atoms with van der Waals surface area (Å²) in [5.41, 5.74) is 2.78. The average molecular weight is 274 g/mol. The highest BCUT2D eigenvalue weighted by atomic mass is 16.3. The Morgan fingerprint density at radius 1 is 1.20 bits per heavy atom. The van der Waals surface area contributed by atoms with Crippen LogP contribution in [0.3, 0.4) is 0 Å². The van der Waals surface area contributed by atoms with Gasteiger partial charge in [0, 0.05) is 18.2 Å². The smallest absolute Gasteiger partial charge is 0.117 e. The van der Waals surface area contributed by atoms with Crippen LogP contribution in [-0.2, 0) is 6.54 Å². The lowest BCUT2D eigenvalue weighted by Crippen LogP contribution is -2.33. The standard InChI is InChI=1S/C15H22N4O/c1-11(2)8-13(10-20)16-9-14-15(18-19-17-14)12-6-4-3-5-7-12/h3-7,11,13,16,20H,8-10H2,1-2H3,(H,17,18,19). The summed E-state index contributed by atoms with van der Waals surface area (Å²) in [5.74, 6) is 0.547. The number of aliphatic hydroxyl groups is 1. The Kier molecular flexibility index (Phi) is 5.26. The number of nitrogens with zero attached hydrogens (tertiary/aromatic N) is 2. The summed E-state index contributed by atoms with van der Waals surface area (Å²) in [6, 6.07) is 10.1. The molecule has 5 nitrogen and oxygen atoms in total. The van der Waals surface area contributed by atoms with Crippen LogP contribution >= 0.6 is 0 Å².